The molecule has 2 rings (SSSR count). The van der Waals surface area contributed by atoms with Crippen molar-refractivity contribution in [1.82, 2.24) is 4.98 Å². The molecule has 1 aliphatic rings. The van der Waals surface area contributed by atoms with Crippen LogP contribution in [0, 0.1) is 6.92 Å². The van der Waals surface area contributed by atoms with Gasteiger partial charge in [-0.1, -0.05) is 18.2 Å². The summed E-state index contributed by atoms with van der Waals surface area (Å²) < 4.78 is 5.79. The van der Waals surface area contributed by atoms with Gasteiger partial charge in [-0.3, -0.25) is 5.21 Å². The number of pyridine rings is 1. The van der Waals surface area contributed by atoms with Gasteiger partial charge in [0.05, 0.1) is 18.2 Å². The van der Waals surface area contributed by atoms with Gasteiger partial charge in [0.1, 0.15) is 0 Å². The van der Waals surface area contributed by atoms with E-state index in [4.69, 9.17) is 4.74 Å². The van der Waals surface area contributed by atoms with E-state index in [0.717, 1.165) is 12.0 Å². The van der Waals surface area contributed by atoms with Crippen LogP contribution in [0.25, 0.3) is 0 Å². The van der Waals surface area contributed by atoms with Crippen LogP contribution in [0.4, 0.5) is 5.82 Å². The number of aromatic nitrogens is 1. The Balaban J connectivity index is 2.14. The maximum Gasteiger partial charge on any atom is 0.155 e. The first-order chi connectivity index (χ1) is 8.59. The maximum absolute atomic E-state index is 10.3. The Labute approximate surface area is 108 Å². The predicted octanol–water partition coefficient (Wildman–Crippen LogP) is 2.71. The molecule has 0 unspecified atom stereocenters. The molecule has 0 radical (unpaired) electrons. The highest BCUT2D eigenvalue weighted by atomic mass is 16.5. The highest BCUT2D eigenvalue weighted by Gasteiger charge is 2.30. The second-order valence-electron chi connectivity index (χ2n) is 4.87. The van der Waals surface area contributed by atoms with Crippen LogP contribution in [0.15, 0.2) is 30.5 Å². The van der Waals surface area contributed by atoms with Crippen molar-refractivity contribution in [2.75, 3.05) is 5.06 Å². The fraction of sp³-hybridized carbons (Fsp3) is 0.500. The molecule has 0 aromatic carbocycles. The van der Waals surface area contributed by atoms with E-state index in [9.17, 15) is 5.21 Å². The molecule has 1 aromatic heterocycles. The summed E-state index contributed by atoms with van der Waals surface area (Å²) in [6.07, 6.45) is 6.55. The van der Waals surface area contributed by atoms with Crippen LogP contribution in [0.5, 0.6) is 0 Å². The van der Waals surface area contributed by atoms with Gasteiger partial charge in [0.25, 0.3) is 0 Å². The Kier molecular flexibility index (Phi) is 3.99. The van der Waals surface area contributed by atoms with Gasteiger partial charge in [-0.2, -0.15) is 0 Å². The van der Waals surface area contributed by atoms with Crippen LogP contribution >= 0.6 is 0 Å². The number of aryl methyl sites for hydroxylation is 1. The van der Waals surface area contributed by atoms with E-state index in [-0.39, 0.29) is 18.2 Å². The number of hydrogen-bond donors (Lipinski definition) is 1. The van der Waals surface area contributed by atoms with Crippen molar-refractivity contribution in [3.8, 4) is 0 Å². The maximum atomic E-state index is 10.3. The molecular weight excluding hydrogens is 228 g/mol. The number of ether oxygens (including phenoxy) is 1. The summed E-state index contributed by atoms with van der Waals surface area (Å²) >= 11 is 0. The minimum absolute atomic E-state index is 0.0867. The van der Waals surface area contributed by atoms with Crippen molar-refractivity contribution in [3.05, 3.63) is 36.0 Å². The molecule has 0 aliphatic heterocycles. The average Bonchev–Trinajstić information content (AvgIpc) is 2.76. The van der Waals surface area contributed by atoms with E-state index in [0.29, 0.717) is 5.82 Å². The number of rotatable bonds is 4. The molecule has 2 atom stereocenters. The highest BCUT2D eigenvalue weighted by Crippen LogP contribution is 2.26. The van der Waals surface area contributed by atoms with Crippen molar-refractivity contribution in [1.29, 1.82) is 0 Å². The number of hydroxylamine groups is 1. The molecule has 1 N–H and O–H groups in total. The first-order valence-corrected chi connectivity index (χ1v) is 6.31. The summed E-state index contributed by atoms with van der Waals surface area (Å²) in [5.74, 6) is 0.601. The Morgan fingerprint density at radius 1 is 1.50 bits per heavy atom. The van der Waals surface area contributed by atoms with E-state index >= 15 is 0 Å². The summed E-state index contributed by atoms with van der Waals surface area (Å²) in [7, 11) is 0. The number of hydrogen-bond acceptors (Lipinski definition) is 4. The molecule has 1 heterocycles. The van der Waals surface area contributed by atoms with Crippen LogP contribution < -0.4 is 5.06 Å². The first kappa shape index (κ1) is 13.1. The zero-order valence-corrected chi connectivity index (χ0v) is 11.1. The van der Waals surface area contributed by atoms with Gasteiger partial charge in [0.15, 0.2) is 5.82 Å². The summed E-state index contributed by atoms with van der Waals surface area (Å²) in [5.41, 5.74) is 0.954. The van der Waals surface area contributed by atoms with Gasteiger partial charge in [-0.15, -0.1) is 0 Å². The smallest absolute Gasteiger partial charge is 0.155 e. The molecular formula is C14H20N2O2. The summed E-state index contributed by atoms with van der Waals surface area (Å²) in [6, 6.07) is 3.70. The Hall–Kier alpha value is -1.39. The zero-order valence-electron chi connectivity index (χ0n) is 11.1. The second-order valence-corrected chi connectivity index (χ2v) is 4.87. The van der Waals surface area contributed by atoms with E-state index in [1.165, 1.54) is 5.06 Å². The molecule has 1 aromatic rings. The van der Waals surface area contributed by atoms with Crippen LogP contribution in [-0.2, 0) is 4.74 Å². The topological polar surface area (TPSA) is 45.6 Å². The first-order valence-electron chi connectivity index (χ1n) is 6.31. The molecule has 0 fully saturated rings. The van der Waals surface area contributed by atoms with Crippen molar-refractivity contribution in [2.24, 2.45) is 0 Å². The lowest BCUT2D eigenvalue weighted by Crippen LogP contribution is -2.41. The van der Waals surface area contributed by atoms with E-state index < -0.39 is 0 Å². The van der Waals surface area contributed by atoms with Crippen molar-refractivity contribution in [2.45, 2.75) is 45.4 Å². The fourth-order valence-electron chi connectivity index (χ4n) is 2.18. The third-order valence-corrected chi connectivity index (χ3v) is 3.02. The number of anilines is 1. The largest absolute Gasteiger partial charge is 0.369 e. The summed E-state index contributed by atoms with van der Waals surface area (Å²) in [6.45, 7) is 5.93. The van der Waals surface area contributed by atoms with Crippen molar-refractivity contribution in [3.63, 3.8) is 0 Å². The molecule has 0 saturated heterocycles. The van der Waals surface area contributed by atoms with Gasteiger partial charge in [0.2, 0.25) is 0 Å². The van der Waals surface area contributed by atoms with Gasteiger partial charge < -0.3 is 4.74 Å². The predicted molar refractivity (Wildman–Crippen MR) is 70.8 cm³/mol. The van der Waals surface area contributed by atoms with E-state index in [2.05, 4.69) is 4.98 Å². The molecule has 0 spiro atoms. The lowest BCUT2D eigenvalue weighted by Gasteiger charge is -2.30. The highest BCUT2D eigenvalue weighted by molar-refractivity contribution is 5.45. The molecule has 18 heavy (non-hydrogen) atoms. The van der Waals surface area contributed by atoms with Gasteiger partial charge in [0, 0.05) is 6.20 Å². The minimum Gasteiger partial charge on any atom is -0.369 e. The second kappa shape index (κ2) is 5.50. The monoisotopic (exact) mass is 248 g/mol. The fourth-order valence-corrected chi connectivity index (χ4v) is 2.18. The van der Waals surface area contributed by atoms with Crippen LogP contribution in [0.2, 0.25) is 0 Å². The summed E-state index contributed by atoms with van der Waals surface area (Å²) in [5, 5.41) is 11.6. The molecule has 4 heteroatoms. The lowest BCUT2D eigenvalue weighted by atomic mass is 10.1. The van der Waals surface area contributed by atoms with E-state index in [1.54, 1.807) is 6.20 Å². The third kappa shape index (κ3) is 2.71. The molecule has 98 valence electrons. The van der Waals surface area contributed by atoms with Crippen LogP contribution in [-0.4, -0.2) is 28.4 Å². The number of nitrogens with zero attached hydrogens (tertiary/aromatic N) is 2. The van der Waals surface area contributed by atoms with E-state index in [1.807, 2.05) is 45.1 Å². The average molecular weight is 248 g/mol. The quantitative estimate of drug-likeness (QED) is 0.657. The molecule has 0 amide bonds. The van der Waals surface area contributed by atoms with Crippen LogP contribution in [0.3, 0.4) is 0 Å². The van der Waals surface area contributed by atoms with Crippen molar-refractivity contribution < 1.29 is 9.94 Å². The standard InChI is InChI=1S/C14H20N2O2/c1-10(2)18-13-8-4-7-12(13)16(17)14-11(3)6-5-9-15-14/h4-6,8-10,12-13,17H,7H2,1-3H3/t12-,13-/m1/s1. The Morgan fingerprint density at radius 2 is 2.28 bits per heavy atom. The molecule has 1 aliphatic carbocycles. The molecule has 4 nitrogen and oxygen atoms in total. The zero-order chi connectivity index (χ0) is 13.1. The van der Waals surface area contributed by atoms with Gasteiger partial charge in [-0.05, 0) is 38.8 Å². The van der Waals surface area contributed by atoms with Crippen molar-refractivity contribution >= 4 is 5.82 Å². The Bertz CT molecular complexity index is 432. The minimum atomic E-state index is -0.0963. The summed E-state index contributed by atoms with van der Waals surface area (Å²) in [4.78, 5) is 4.23. The molecule has 0 bridgehead atoms. The Morgan fingerprint density at radius 3 is 2.94 bits per heavy atom. The van der Waals surface area contributed by atoms with Crippen LogP contribution in [0.1, 0.15) is 25.8 Å². The van der Waals surface area contributed by atoms with Gasteiger partial charge in [-0.25, -0.2) is 10.0 Å². The normalized spacial score (nSPS) is 22.7. The lowest BCUT2D eigenvalue weighted by molar-refractivity contribution is 0.00846. The SMILES string of the molecule is Cc1cccnc1N(O)[C@@H]1CC=C[C@H]1OC(C)C. The molecule has 0 saturated carbocycles. The third-order valence-electron chi connectivity index (χ3n) is 3.02. The van der Waals surface area contributed by atoms with Gasteiger partial charge >= 0.3 is 0 Å².